The molecule has 2 N–H and O–H groups in total. The summed E-state index contributed by atoms with van der Waals surface area (Å²) in [5.41, 5.74) is 0.887. The molecule has 22 heavy (non-hydrogen) atoms. The van der Waals surface area contributed by atoms with E-state index in [4.69, 9.17) is 0 Å². The van der Waals surface area contributed by atoms with Gasteiger partial charge in [0.1, 0.15) is 11.6 Å². The highest BCUT2D eigenvalue weighted by atomic mass is 19.1. The number of nitrogens with zero attached hydrogens (tertiary/aromatic N) is 1. The maximum Gasteiger partial charge on any atom is 0.244 e. The third-order valence-corrected chi connectivity index (χ3v) is 2.64. The van der Waals surface area contributed by atoms with Crippen LogP contribution < -0.4 is 10.6 Å². The van der Waals surface area contributed by atoms with Crippen molar-refractivity contribution < 1.29 is 14.0 Å². The van der Waals surface area contributed by atoms with Crippen LogP contribution in [0.25, 0.3) is 6.08 Å². The first-order valence-corrected chi connectivity index (χ1v) is 6.56. The number of aromatic nitrogens is 1. The fourth-order valence-corrected chi connectivity index (χ4v) is 1.60. The van der Waals surface area contributed by atoms with E-state index in [2.05, 4.69) is 15.6 Å². The van der Waals surface area contributed by atoms with Gasteiger partial charge in [0.05, 0.1) is 12.7 Å². The van der Waals surface area contributed by atoms with E-state index < -0.39 is 11.7 Å². The predicted molar refractivity (Wildman–Crippen MR) is 81.3 cm³/mol. The van der Waals surface area contributed by atoms with Crippen molar-refractivity contribution in [3.05, 3.63) is 66.1 Å². The van der Waals surface area contributed by atoms with Crippen LogP contribution in [0, 0.1) is 5.82 Å². The summed E-state index contributed by atoms with van der Waals surface area (Å²) in [7, 11) is 0. The van der Waals surface area contributed by atoms with Crippen molar-refractivity contribution >= 4 is 23.7 Å². The molecule has 0 aliphatic carbocycles. The number of hydrogen-bond acceptors (Lipinski definition) is 3. The fraction of sp³-hybridized carbons (Fsp3) is 0.0625. The van der Waals surface area contributed by atoms with E-state index in [0.29, 0.717) is 0 Å². The molecule has 0 unspecified atom stereocenters. The minimum absolute atomic E-state index is 0.197. The molecule has 2 rings (SSSR count). The van der Waals surface area contributed by atoms with Gasteiger partial charge >= 0.3 is 0 Å². The molecule has 2 amide bonds. The minimum atomic E-state index is -0.489. The fourth-order valence-electron chi connectivity index (χ4n) is 1.60. The van der Waals surface area contributed by atoms with Crippen LogP contribution in [0.5, 0.6) is 0 Å². The van der Waals surface area contributed by atoms with Crippen LogP contribution in [0.3, 0.4) is 0 Å². The van der Waals surface area contributed by atoms with Gasteiger partial charge in [-0.05, 0) is 23.8 Å². The molecule has 0 fully saturated rings. The van der Waals surface area contributed by atoms with Gasteiger partial charge in [-0.2, -0.15) is 0 Å². The first-order chi connectivity index (χ1) is 10.6. The van der Waals surface area contributed by atoms with Gasteiger partial charge in [-0.1, -0.05) is 30.3 Å². The van der Waals surface area contributed by atoms with E-state index in [1.807, 2.05) is 30.3 Å². The highest BCUT2D eigenvalue weighted by Gasteiger charge is 2.04. The summed E-state index contributed by atoms with van der Waals surface area (Å²) in [5.74, 6) is -1.09. The quantitative estimate of drug-likeness (QED) is 0.829. The monoisotopic (exact) mass is 299 g/mol. The molecule has 0 aliphatic heterocycles. The molecule has 0 bridgehead atoms. The molecule has 6 heteroatoms. The topological polar surface area (TPSA) is 71.1 Å². The number of anilines is 1. The number of benzene rings is 1. The Morgan fingerprint density at radius 2 is 1.91 bits per heavy atom. The summed E-state index contributed by atoms with van der Waals surface area (Å²) in [6.07, 6.45) is 3.99. The molecule has 0 spiro atoms. The number of carbonyl (C=O) groups is 2. The van der Waals surface area contributed by atoms with E-state index in [9.17, 15) is 14.0 Å². The lowest BCUT2D eigenvalue weighted by atomic mass is 10.2. The number of hydrogen-bond donors (Lipinski definition) is 2. The SMILES string of the molecule is O=C(/C=C/c1ccccc1)NCC(=O)Nc1ccc(F)cn1. The van der Waals surface area contributed by atoms with Crippen molar-refractivity contribution in [3.8, 4) is 0 Å². The lowest BCUT2D eigenvalue weighted by Crippen LogP contribution is -2.31. The van der Waals surface area contributed by atoms with Crippen LogP contribution in [0.4, 0.5) is 10.2 Å². The molecule has 1 heterocycles. The highest BCUT2D eigenvalue weighted by molar-refractivity contribution is 5.97. The van der Waals surface area contributed by atoms with Gasteiger partial charge in [-0.25, -0.2) is 9.37 Å². The maximum absolute atomic E-state index is 12.7. The number of rotatable bonds is 5. The van der Waals surface area contributed by atoms with Crippen LogP contribution in [0.1, 0.15) is 5.56 Å². The zero-order valence-electron chi connectivity index (χ0n) is 11.6. The molecule has 1 aromatic heterocycles. The van der Waals surface area contributed by atoms with Crippen LogP contribution in [0.2, 0.25) is 0 Å². The van der Waals surface area contributed by atoms with E-state index in [1.54, 1.807) is 6.08 Å². The van der Waals surface area contributed by atoms with Crippen molar-refractivity contribution in [1.29, 1.82) is 0 Å². The first kappa shape index (κ1) is 15.4. The number of nitrogens with one attached hydrogen (secondary N) is 2. The van der Waals surface area contributed by atoms with E-state index in [0.717, 1.165) is 11.8 Å². The summed E-state index contributed by atoms with van der Waals surface area (Å²) in [6, 6.07) is 11.8. The zero-order valence-corrected chi connectivity index (χ0v) is 11.6. The van der Waals surface area contributed by atoms with Crippen LogP contribution in [-0.4, -0.2) is 23.3 Å². The Morgan fingerprint density at radius 1 is 1.14 bits per heavy atom. The van der Waals surface area contributed by atoms with Gasteiger partial charge in [0.25, 0.3) is 0 Å². The second-order valence-electron chi connectivity index (χ2n) is 4.37. The molecular weight excluding hydrogens is 285 g/mol. The number of pyridine rings is 1. The molecule has 0 atom stereocenters. The van der Waals surface area contributed by atoms with Gasteiger partial charge < -0.3 is 10.6 Å². The van der Waals surface area contributed by atoms with Gasteiger partial charge in [-0.15, -0.1) is 0 Å². The average Bonchev–Trinajstić information content (AvgIpc) is 2.54. The summed E-state index contributed by atoms with van der Waals surface area (Å²) in [4.78, 5) is 26.9. The zero-order chi connectivity index (χ0) is 15.8. The van der Waals surface area contributed by atoms with Gasteiger partial charge in [-0.3, -0.25) is 9.59 Å². The predicted octanol–water partition coefficient (Wildman–Crippen LogP) is 1.99. The Kier molecular flexibility index (Phi) is 5.37. The second-order valence-corrected chi connectivity index (χ2v) is 4.37. The van der Waals surface area contributed by atoms with E-state index >= 15 is 0 Å². The smallest absolute Gasteiger partial charge is 0.244 e. The largest absolute Gasteiger partial charge is 0.343 e. The van der Waals surface area contributed by atoms with Gasteiger partial charge in [0.2, 0.25) is 11.8 Å². The molecule has 2 aromatic rings. The number of amides is 2. The van der Waals surface area contributed by atoms with Crippen molar-refractivity contribution in [3.63, 3.8) is 0 Å². The lowest BCUT2D eigenvalue weighted by molar-refractivity contribution is -0.121. The molecule has 0 saturated heterocycles. The number of carbonyl (C=O) groups excluding carboxylic acids is 2. The second kappa shape index (κ2) is 7.68. The lowest BCUT2D eigenvalue weighted by Gasteiger charge is -2.04. The summed E-state index contributed by atoms with van der Waals surface area (Å²) in [5, 5.41) is 4.89. The average molecular weight is 299 g/mol. The Hall–Kier alpha value is -3.02. The Bertz CT molecular complexity index is 670. The summed E-state index contributed by atoms with van der Waals surface area (Å²) < 4.78 is 12.7. The Labute approximate surface area is 126 Å². The van der Waals surface area contributed by atoms with Crippen LogP contribution >= 0.6 is 0 Å². The highest BCUT2D eigenvalue weighted by Crippen LogP contribution is 2.03. The van der Waals surface area contributed by atoms with Gasteiger partial charge in [0.15, 0.2) is 0 Å². The molecule has 0 radical (unpaired) electrons. The maximum atomic E-state index is 12.7. The third-order valence-electron chi connectivity index (χ3n) is 2.64. The van der Waals surface area contributed by atoms with Crippen molar-refractivity contribution in [2.75, 3.05) is 11.9 Å². The van der Waals surface area contributed by atoms with Crippen molar-refractivity contribution in [2.24, 2.45) is 0 Å². The number of halogens is 1. The molecule has 0 saturated carbocycles. The van der Waals surface area contributed by atoms with E-state index in [1.165, 1.54) is 18.2 Å². The summed E-state index contributed by atoms with van der Waals surface area (Å²) >= 11 is 0. The normalized spacial score (nSPS) is 10.4. The van der Waals surface area contributed by atoms with Crippen LogP contribution in [-0.2, 0) is 9.59 Å². The third kappa shape index (κ3) is 5.16. The van der Waals surface area contributed by atoms with Crippen molar-refractivity contribution in [2.45, 2.75) is 0 Å². The van der Waals surface area contributed by atoms with E-state index in [-0.39, 0.29) is 18.3 Å². The first-order valence-electron chi connectivity index (χ1n) is 6.56. The molecule has 1 aromatic carbocycles. The minimum Gasteiger partial charge on any atom is -0.343 e. The molecule has 5 nitrogen and oxygen atoms in total. The molecular formula is C16H14FN3O2. The molecule has 112 valence electrons. The Balaban J connectivity index is 1.77. The van der Waals surface area contributed by atoms with Gasteiger partial charge in [0, 0.05) is 6.08 Å². The van der Waals surface area contributed by atoms with Crippen molar-refractivity contribution in [1.82, 2.24) is 10.3 Å². The summed E-state index contributed by atoms with van der Waals surface area (Å²) in [6.45, 7) is -0.197. The van der Waals surface area contributed by atoms with Crippen LogP contribution in [0.15, 0.2) is 54.7 Å². The molecule has 0 aliphatic rings. The Morgan fingerprint density at radius 3 is 2.59 bits per heavy atom. The standard InChI is InChI=1S/C16H14FN3O2/c17-13-7-8-14(18-10-13)20-16(22)11-19-15(21)9-6-12-4-2-1-3-5-12/h1-10H,11H2,(H,19,21)(H,18,20,22)/b9-6+.